The fourth-order valence-electron chi connectivity index (χ4n) is 4.65. The first-order chi connectivity index (χ1) is 16.6. The Morgan fingerprint density at radius 2 is 1.59 bits per heavy atom. The number of nitrogens with zero attached hydrogens (tertiary/aromatic N) is 4. The molecule has 2 aliphatic heterocycles. The Morgan fingerprint density at radius 1 is 0.912 bits per heavy atom. The van der Waals surface area contributed by atoms with Crippen molar-refractivity contribution in [3.8, 4) is 0 Å². The van der Waals surface area contributed by atoms with Crippen LogP contribution in [0.3, 0.4) is 0 Å². The smallest absolute Gasteiger partial charge is 0.232 e. The highest BCUT2D eigenvalue weighted by molar-refractivity contribution is 7.80. The van der Waals surface area contributed by atoms with E-state index in [0.29, 0.717) is 17.6 Å². The van der Waals surface area contributed by atoms with Crippen molar-refractivity contribution >= 4 is 34.9 Å². The second-order valence-corrected chi connectivity index (χ2v) is 9.72. The molecular weight excluding hydrogens is 440 g/mol. The standard InChI is InChI=1S/C27H32N6S/c1-20-11-14-32(15-12-20)24-17-25(33-16-13-22-9-5-6-10-23(22)19-33)30-26(29-24)31-27(34)28-18-21-7-3-2-4-8-21/h2-10,17,20H,11-16,18-19H2,1H3,(H2,28,29,30,31,34). The minimum atomic E-state index is 0.531. The van der Waals surface area contributed by atoms with Gasteiger partial charge in [-0.3, -0.25) is 0 Å². The van der Waals surface area contributed by atoms with Crippen molar-refractivity contribution < 1.29 is 0 Å². The highest BCUT2D eigenvalue weighted by Gasteiger charge is 2.22. The average Bonchev–Trinajstić information content (AvgIpc) is 2.88. The highest BCUT2D eigenvalue weighted by atomic mass is 32.1. The number of thiocarbonyl (C=S) groups is 1. The molecule has 7 heteroatoms. The molecular formula is C27H32N6S. The van der Waals surface area contributed by atoms with Crippen LogP contribution in [0, 0.1) is 5.92 Å². The fourth-order valence-corrected chi connectivity index (χ4v) is 4.82. The molecule has 1 saturated heterocycles. The van der Waals surface area contributed by atoms with Crippen LogP contribution < -0.4 is 20.4 Å². The van der Waals surface area contributed by atoms with Crippen molar-refractivity contribution in [2.75, 3.05) is 34.8 Å². The van der Waals surface area contributed by atoms with Crippen LogP contribution in [-0.2, 0) is 19.5 Å². The first-order valence-corrected chi connectivity index (χ1v) is 12.6. The largest absolute Gasteiger partial charge is 0.358 e. The first-order valence-electron chi connectivity index (χ1n) is 12.2. The number of nitrogens with one attached hydrogen (secondary N) is 2. The normalized spacial score (nSPS) is 16.1. The second kappa shape index (κ2) is 10.4. The Labute approximate surface area is 207 Å². The minimum Gasteiger partial charge on any atom is -0.358 e. The average molecular weight is 473 g/mol. The van der Waals surface area contributed by atoms with E-state index in [1.165, 1.54) is 29.5 Å². The number of hydrogen-bond donors (Lipinski definition) is 2. The molecule has 34 heavy (non-hydrogen) atoms. The lowest BCUT2D eigenvalue weighted by molar-refractivity contribution is 0.436. The molecule has 1 aromatic heterocycles. The van der Waals surface area contributed by atoms with Crippen molar-refractivity contribution in [2.45, 2.75) is 39.3 Å². The summed E-state index contributed by atoms with van der Waals surface area (Å²) in [4.78, 5) is 14.5. The SMILES string of the molecule is CC1CCN(c2cc(N3CCc4ccccc4C3)nc(NC(=S)NCc3ccccc3)n2)CC1. The Morgan fingerprint density at radius 3 is 2.35 bits per heavy atom. The molecule has 0 amide bonds. The van der Waals surface area contributed by atoms with Gasteiger partial charge in [0.1, 0.15) is 11.6 Å². The van der Waals surface area contributed by atoms with Gasteiger partial charge in [-0.25, -0.2) is 0 Å². The van der Waals surface area contributed by atoms with E-state index in [-0.39, 0.29) is 0 Å². The Bertz CT molecular complexity index is 1130. The van der Waals surface area contributed by atoms with Crippen molar-refractivity contribution in [3.63, 3.8) is 0 Å². The van der Waals surface area contributed by atoms with E-state index < -0.39 is 0 Å². The van der Waals surface area contributed by atoms with Crippen LogP contribution in [0.25, 0.3) is 0 Å². The summed E-state index contributed by atoms with van der Waals surface area (Å²) in [6.45, 7) is 6.84. The van der Waals surface area contributed by atoms with E-state index in [1.807, 2.05) is 18.2 Å². The van der Waals surface area contributed by atoms with Crippen molar-refractivity contribution in [1.82, 2.24) is 15.3 Å². The van der Waals surface area contributed by atoms with E-state index in [0.717, 1.165) is 50.2 Å². The lowest BCUT2D eigenvalue weighted by Crippen LogP contribution is -2.35. The molecule has 3 heterocycles. The molecule has 176 valence electrons. The van der Waals surface area contributed by atoms with E-state index in [2.05, 4.69) is 69.8 Å². The summed E-state index contributed by atoms with van der Waals surface area (Å²) in [6.07, 6.45) is 3.41. The Kier molecular flexibility index (Phi) is 6.90. The molecule has 0 bridgehead atoms. The van der Waals surface area contributed by atoms with E-state index >= 15 is 0 Å². The molecule has 3 aromatic rings. The van der Waals surface area contributed by atoms with Crippen LogP contribution in [0.4, 0.5) is 17.6 Å². The second-order valence-electron chi connectivity index (χ2n) is 9.31. The third-order valence-corrected chi connectivity index (χ3v) is 7.03. The van der Waals surface area contributed by atoms with Crippen molar-refractivity contribution in [3.05, 3.63) is 77.4 Å². The summed E-state index contributed by atoms with van der Waals surface area (Å²) >= 11 is 5.57. The molecule has 2 aromatic carbocycles. The molecule has 0 saturated carbocycles. The number of fused-ring (bicyclic) bond motifs is 1. The van der Waals surface area contributed by atoms with Gasteiger partial charge in [0, 0.05) is 38.8 Å². The van der Waals surface area contributed by atoms with E-state index in [1.54, 1.807) is 0 Å². The maximum Gasteiger partial charge on any atom is 0.232 e. The van der Waals surface area contributed by atoms with Gasteiger partial charge in [-0.1, -0.05) is 61.5 Å². The molecule has 0 radical (unpaired) electrons. The Hall–Kier alpha value is -3.19. The molecule has 6 nitrogen and oxygen atoms in total. The van der Waals surface area contributed by atoms with Crippen LogP contribution in [-0.4, -0.2) is 34.7 Å². The minimum absolute atomic E-state index is 0.531. The molecule has 0 atom stereocenters. The summed E-state index contributed by atoms with van der Waals surface area (Å²) in [5, 5.41) is 7.05. The quantitative estimate of drug-likeness (QED) is 0.519. The third kappa shape index (κ3) is 5.47. The predicted molar refractivity (Wildman–Crippen MR) is 143 cm³/mol. The third-order valence-electron chi connectivity index (χ3n) is 6.78. The van der Waals surface area contributed by atoms with Gasteiger partial charge in [0.2, 0.25) is 5.95 Å². The van der Waals surface area contributed by atoms with Gasteiger partial charge in [0.15, 0.2) is 5.11 Å². The zero-order valence-corrected chi connectivity index (χ0v) is 20.5. The number of piperidine rings is 1. The van der Waals surface area contributed by atoms with Crippen molar-refractivity contribution in [2.24, 2.45) is 5.92 Å². The zero-order valence-electron chi connectivity index (χ0n) is 19.7. The number of rotatable bonds is 5. The summed E-state index contributed by atoms with van der Waals surface area (Å²) in [7, 11) is 0. The van der Waals surface area contributed by atoms with Crippen LogP contribution >= 0.6 is 12.2 Å². The Balaban J connectivity index is 1.36. The lowest BCUT2D eigenvalue weighted by atomic mass is 9.99. The molecule has 2 aliphatic rings. The molecule has 0 aliphatic carbocycles. The lowest BCUT2D eigenvalue weighted by Gasteiger charge is -2.33. The number of hydrogen-bond acceptors (Lipinski definition) is 5. The maximum atomic E-state index is 5.57. The summed E-state index contributed by atoms with van der Waals surface area (Å²) in [5.74, 6) is 3.25. The highest BCUT2D eigenvalue weighted by Crippen LogP contribution is 2.29. The van der Waals surface area contributed by atoms with Gasteiger partial charge in [-0.2, -0.15) is 9.97 Å². The van der Waals surface area contributed by atoms with Gasteiger partial charge in [0.25, 0.3) is 0 Å². The molecule has 2 N–H and O–H groups in total. The molecule has 5 rings (SSSR count). The number of aromatic nitrogens is 2. The van der Waals surface area contributed by atoms with Gasteiger partial charge in [-0.05, 0) is 54.1 Å². The first kappa shape index (κ1) is 22.6. The van der Waals surface area contributed by atoms with Gasteiger partial charge in [0.05, 0.1) is 0 Å². The summed E-state index contributed by atoms with van der Waals surface area (Å²) in [5.41, 5.74) is 3.98. The topological polar surface area (TPSA) is 56.3 Å². The van der Waals surface area contributed by atoms with Crippen LogP contribution in [0.15, 0.2) is 60.7 Å². The van der Waals surface area contributed by atoms with Crippen LogP contribution in [0.2, 0.25) is 0 Å². The summed E-state index contributed by atoms with van der Waals surface area (Å²) < 4.78 is 0. The number of benzene rings is 2. The predicted octanol–water partition coefficient (Wildman–Crippen LogP) is 4.76. The van der Waals surface area contributed by atoms with Gasteiger partial charge in [-0.15, -0.1) is 0 Å². The maximum absolute atomic E-state index is 5.57. The van der Waals surface area contributed by atoms with Gasteiger partial charge >= 0.3 is 0 Å². The molecule has 0 spiro atoms. The fraction of sp³-hybridized carbons (Fsp3) is 0.370. The molecule has 1 fully saturated rings. The van der Waals surface area contributed by atoms with Crippen LogP contribution in [0.1, 0.15) is 36.5 Å². The van der Waals surface area contributed by atoms with E-state index in [9.17, 15) is 0 Å². The number of anilines is 3. The van der Waals surface area contributed by atoms with Gasteiger partial charge < -0.3 is 20.4 Å². The van der Waals surface area contributed by atoms with Crippen molar-refractivity contribution in [1.29, 1.82) is 0 Å². The zero-order chi connectivity index (χ0) is 23.3. The monoisotopic (exact) mass is 472 g/mol. The van der Waals surface area contributed by atoms with E-state index in [4.69, 9.17) is 22.2 Å². The summed E-state index contributed by atoms with van der Waals surface area (Å²) in [6, 6.07) is 21.1. The molecule has 0 unspecified atom stereocenters. The van der Waals surface area contributed by atoms with Crippen LogP contribution in [0.5, 0.6) is 0 Å².